The molecule has 1 atom stereocenters. The summed E-state index contributed by atoms with van der Waals surface area (Å²) in [6.07, 6.45) is 7.89. The second kappa shape index (κ2) is 7.87. The van der Waals surface area contributed by atoms with Crippen LogP contribution < -0.4 is 9.64 Å². The van der Waals surface area contributed by atoms with Crippen LogP contribution >= 0.6 is 0 Å². The van der Waals surface area contributed by atoms with Crippen molar-refractivity contribution in [2.45, 2.75) is 25.3 Å². The van der Waals surface area contributed by atoms with E-state index in [1.165, 1.54) is 17.4 Å². The lowest BCUT2D eigenvalue weighted by Gasteiger charge is -2.34. The van der Waals surface area contributed by atoms with Crippen LogP contribution in [0.5, 0.6) is 5.88 Å². The Balaban J connectivity index is 1.41. The minimum atomic E-state index is -0.412. The van der Waals surface area contributed by atoms with Gasteiger partial charge in [0.1, 0.15) is 18.0 Å². The number of halogens is 1. The quantitative estimate of drug-likeness (QED) is 0.804. The molecule has 2 aliphatic rings. The summed E-state index contributed by atoms with van der Waals surface area (Å²) in [4.78, 5) is 27.4. The van der Waals surface area contributed by atoms with Crippen LogP contribution in [0.2, 0.25) is 0 Å². The van der Waals surface area contributed by atoms with Crippen molar-refractivity contribution in [3.8, 4) is 5.88 Å². The number of hydrogen-bond acceptors (Lipinski definition) is 7. The fourth-order valence-electron chi connectivity index (χ4n) is 3.67. The monoisotopic (exact) mass is 384 g/mol. The van der Waals surface area contributed by atoms with Gasteiger partial charge in [-0.05, 0) is 24.5 Å². The average molecular weight is 384 g/mol. The number of pyridine rings is 1. The smallest absolute Gasteiger partial charge is 0.246 e. The molecule has 4 rings (SSSR count). The molecule has 0 N–H and O–H groups in total. The Bertz CT molecular complexity index is 884. The summed E-state index contributed by atoms with van der Waals surface area (Å²) < 4.78 is 18.7. The zero-order valence-electron chi connectivity index (χ0n) is 15.5. The molecule has 0 aliphatic carbocycles. The molecule has 146 valence electrons. The first-order chi connectivity index (χ1) is 13.7. The van der Waals surface area contributed by atoms with Gasteiger partial charge in [0, 0.05) is 43.9 Å². The molecule has 28 heavy (non-hydrogen) atoms. The van der Waals surface area contributed by atoms with Crippen molar-refractivity contribution in [3.63, 3.8) is 0 Å². The van der Waals surface area contributed by atoms with Crippen molar-refractivity contribution >= 4 is 17.9 Å². The van der Waals surface area contributed by atoms with Gasteiger partial charge in [-0.2, -0.15) is 5.10 Å². The molecule has 2 aliphatic heterocycles. The van der Waals surface area contributed by atoms with Crippen LogP contribution in [0, 0.1) is 11.7 Å². The molecule has 4 heterocycles. The van der Waals surface area contributed by atoms with E-state index in [0.29, 0.717) is 43.8 Å². The van der Waals surface area contributed by atoms with E-state index in [4.69, 9.17) is 4.74 Å². The Morgan fingerprint density at radius 1 is 1.21 bits per heavy atom. The van der Waals surface area contributed by atoms with Gasteiger partial charge in [-0.25, -0.2) is 19.4 Å². The van der Waals surface area contributed by atoms with E-state index >= 15 is 0 Å². The first-order valence-corrected chi connectivity index (χ1v) is 9.22. The second-order valence-electron chi connectivity index (χ2n) is 6.85. The van der Waals surface area contributed by atoms with E-state index in [9.17, 15) is 9.18 Å². The van der Waals surface area contributed by atoms with Gasteiger partial charge in [-0.1, -0.05) is 0 Å². The predicted molar refractivity (Wildman–Crippen MR) is 100 cm³/mol. The number of carbonyl (C=O) groups excluding carboxylic acids is 1. The number of nitrogens with zero attached hydrogens (tertiary/aromatic N) is 6. The average Bonchev–Trinajstić information content (AvgIpc) is 3.23. The van der Waals surface area contributed by atoms with Gasteiger partial charge in [0.15, 0.2) is 0 Å². The van der Waals surface area contributed by atoms with Crippen molar-refractivity contribution in [2.24, 2.45) is 11.0 Å². The first kappa shape index (κ1) is 18.3. The molecular formula is C19H21FN6O2. The number of piperidine rings is 1. The zero-order valence-corrected chi connectivity index (χ0v) is 15.5. The standard InChI is InChI=1S/C19H21FN6O2/c1-28-18-9-17(22-12-23-18)25-6-3-13(4-7-25)19(27)26-16(2-5-24-26)14-8-15(20)11-21-10-14/h5,8-13,16H,2-4,6-7H2,1H3. The van der Waals surface area contributed by atoms with Gasteiger partial charge in [-0.15, -0.1) is 0 Å². The molecule has 1 saturated heterocycles. The summed E-state index contributed by atoms with van der Waals surface area (Å²) in [6, 6.07) is 2.91. The van der Waals surface area contributed by atoms with E-state index in [1.54, 1.807) is 25.6 Å². The van der Waals surface area contributed by atoms with Crippen molar-refractivity contribution in [3.05, 3.63) is 42.2 Å². The highest BCUT2D eigenvalue weighted by molar-refractivity contribution is 5.82. The lowest BCUT2D eigenvalue weighted by atomic mass is 9.94. The first-order valence-electron chi connectivity index (χ1n) is 9.22. The Morgan fingerprint density at radius 2 is 2.04 bits per heavy atom. The van der Waals surface area contributed by atoms with E-state index < -0.39 is 5.82 Å². The summed E-state index contributed by atoms with van der Waals surface area (Å²) in [5.74, 6) is 0.745. The van der Waals surface area contributed by atoms with Crippen molar-refractivity contribution in [2.75, 3.05) is 25.1 Å². The van der Waals surface area contributed by atoms with Gasteiger partial charge in [0.05, 0.1) is 19.3 Å². The number of hydrogen-bond donors (Lipinski definition) is 0. The number of amides is 1. The molecule has 8 nitrogen and oxygen atoms in total. The third-order valence-electron chi connectivity index (χ3n) is 5.17. The molecule has 2 aromatic rings. The van der Waals surface area contributed by atoms with Crippen LogP contribution in [0.4, 0.5) is 10.2 Å². The maximum Gasteiger partial charge on any atom is 0.246 e. The molecule has 0 spiro atoms. The number of anilines is 1. The van der Waals surface area contributed by atoms with Crippen LogP contribution in [0.1, 0.15) is 30.9 Å². The van der Waals surface area contributed by atoms with Gasteiger partial charge < -0.3 is 9.64 Å². The van der Waals surface area contributed by atoms with E-state index in [2.05, 4.69) is 25.0 Å². The van der Waals surface area contributed by atoms with Crippen molar-refractivity contribution < 1.29 is 13.9 Å². The number of rotatable bonds is 4. The summed E-state index contributed by atoms with van der Waals surface area (Å²) in [7, 11) is 1.57. The summed E-state index contributed by atoms with van der Waals surface area (Å²) >= 11 is 0. The SMILES string of the molecule is COc1cc(N2CCC(C(=O)N3N=CCC3c3cncc(F)c3)CC2)ncn1. The van der Waals surface area contributed by atoms with E-state index in [0.717, 1.165) is 12.0 Å². The summed E-state index contributed by atoms with van der Waals surface area (Å²) in [5, 5.41) is 5.75. The summed E-state index contributed by atoms with van der Waals surface area (Å²) in [6.45, 7) is 1.42. The molecule has 2 aromatic heterocycles. The van der Waals surface area contributed by atoms with Gasteiger partial charge in [0.2, 0.25) is 11.8 Å². The number of carbonyl (C=O) groups is 1. The summed E-state index contributed by atoms with van der Waals surface area (Å²) in [5.41, 5.74) is 0.663. The van der Waals surface area contributed by atoms with Gasteiger partial charge in [-0.3, -0.25) is 9.78 Å². The second-order valence-corrected chi connectivity index (χ2v) is 6.85. The maximum absolute atomic E-state index is 13.5. The fraction of sp³-hybridized carbons (Fsp3) is 0.421. The molecular weight excluding hydrogens is 363 g/mol. The number of ether oxygens (including phenoxy) is 1. The lowest BCUT2D eigenvalue weighted by molar-refractivity contribution is -0.138. The van der Waals surface area contributed by atoms with Gasteiger partial charge in [0.25, 0.3) is 0 Å². The van der Waals surface area contributed by atoms with Crippen LogP contribution in [-0.2, 0) is 4.79 Å². The minimum absolute atomic E-state index is 0.0251. The lowest BCUT2D eigenvalue weighted by Crippen LogP contribution is -2.41. The van der Waals surface area contributed by atoms with E-state index in [1.807, 2.05) is 0 Å². The Kier molecular flexibility index (Phi) is 5.14. The molecule has 0 bridgehead atoms. The molecule has 0 radical (unpaired) electrons. The maximum atomic E-state index is 13.5. The zero-order chi connectivity index (χ0) is 19.5. The minimum Gasteiger partial charge on any atom is -0.481 e. The van der Waals surface area contributed by atoms with Crippen LogP contribution in [0.3, 0.4) is 0 Å². The number of hydrazone groups is 1. The van der Waals surface area contributed by atoms with Gasteiger partial charge >= 0.3 is 0 Å². The van der Waals surface area contributed by atoms with Crippen molar-refractivity contribution in [1.29, 1.82) is 0 Å². The number of methoxy groups -OCH3 is 1. The van der Waals surface area contributed by atoms with E-state index in [-0.39, 0.29) is 17.9 Å². The predicted octanol–water partition coefficient (Wildman–Crippen LogP) is 2.20. The van der Waals surface area contributed by atoms with Crippen LogP contribution in [0.25, 0.3) is 0 Å². The third kappa shape index (κ3) is 3.64. The largest absolute Gasteiger partial charge is 0.481 e. The fourth-order valence-corrected chi connectivity index (χ4v) is 3.67. The highest BCUT2D eigenvalue weighted by Gasteiger charge is 2.35. The number of aromatic nitrogens is 3. The molecule has 1 amide bonds. The molecule has 0 saturated carbocycles. The van der Waals surface area contributed by atoms with Crippen LogP contribution in [0.15, 0.2) is 36.0 Å². The molecule has 1 fully saturated rings. The normalized spacial score (nSPS) is 19.9. The Morgan fingerprint density at radius 3 is 2.79 bits per heavy atom. The Hall–Kier alpha value is -3.10. The highest BCUT2D eigenvalue weighted by atomic mass is 19.1. The van der Waals surface area contributed by atoms with Crippen molar-refractivity contribution in [1.82, 2.24) is 20.0 Å². The third-order valence-corrected chi connectivity index (χ3v) is 5.17. The molecule has 9 heteroatoms. The molecule has 0 aromatic carbocycles. The highest BCUT2D eigenvalue weighted by Crippen LogP contribution is 2.32. The Labute approximate surface area is 162 Å². The topological polar surface area (TPSA) is 83.8 Å². The van der Waals surface area contributed by atoms with Crippen LogP contribution in [-0.4, -0.2) is 52.3 Å². The molecule has 1 unspecified atom stereocenters.